The number of hydrogen-bond acceptors (Lipinski definition) is 5. The molecular weight excluding hydrogens is 260 g/mol. The van der Waals surface area contributed by atoms with Gasteiger partial charge in [0, 0.05) is 7.05 Å². The topological polar surface area (TPSA) is 62.6 Å². The minimum absolute atomic E-state index is 0.348. The van der Waals surface area contributed by atoms with Crippen molar-refractivity contribution in [1.29, 1.82) is 0 Å². The maximum absolute atomic E-state index is 11.2. The number of ether oxygens (including phenoxy) is 3. The Kier molecular flexibility index (Phi) is 3.93. The molecule has 106 valence electrons. The third-order valence-corrected chi connectivity index (χ3v) is 2.91. The van der Waals surface area contributed by atoms with E-state index in [2.05, 4.69) is 5.10 Å². The van der Waals surface area contributed by atoms with E-state index in [0.717, 1.165) is 6.29 Å². The van der Waals surface area contributed by atoms with E-state index in [4.69, 9.17) is 14.2 Å². The lowest BCUT2D eigenvalue weighted by Crippen LogP contribution is -2.00. The van der Waals surface area contributed by atoms with Crippen molar-refractivity contribution in [2.24, 2.45) is 7.05 Å². The van der Waals surface area contributed by atoms with Crippen LogP contribution in [0.25, 0.3) is 0 Å². The SMILES string of the molecule is COc1cccc(OC)c1Oc1c(C=O)c(C)nn1C. The molecule has 2 aromatic rings. The molecule has 0 N–H and O–H groups in total. The average molecular weight is 276 g/mol. The maximum atomic E-state index is 11.2. The zero-order valence-electron chi connectivity index (χ0n) is 11.8. The number of para-hydroxylation sites is 1. The Hall–Kier alpha value is -2.50. The summed E-state index contributed by atoms with van der Waals surface area (Å²) in [6.45, 7) is 1.75. The Morgan fingerprint density at radius 3 is 2.30 bits per heavy atom. The van der Waals surface area contributed by atoms with Gasteiger partial charge in [0.2, 0.25) is 11.6 Å². The number of hydrogen-bond donors (Lipinski definition) is 0. The average Bonchev–Trinajstić information content (AvgIpc) is 2.72. The molecule has 20 heavy (non-hydrogen) atoms. The van der Waals surface area contributed by atoms with Gasteiger partial charge in [-0.25, -0.2) is 4.68 Å². The Balaban J connectivity index is 2.52. The molecule has 2 rings (SSSR count). The van der Waals surface area contributed by atoms with E-state index >= 15 is 0 Å². The second-order valence-corrected chi connectivity index (χ2v) is 4.14. The highest BCUT2D eigenvalue weighted by molar-refractivity contribution is 5.80. The summed E-state index contributed by atoms with van der Waals surface area (Å²) in [7, 11) is 4.78. The molecule has 6 nitrogen and oxygen atoms in total. The molecule has 0 atom stereocenters. The number of aromatic nitrogens is 2. The number of aldehydes is 1. The predicted octanol–water partition coefficient (Wildman–Crippen LogP) is 2.35. The number of carbonyl (C=O) groups excluding carboxylic acids is 1. The van der Waals surface area contributed by atoms with E-state index in [-0.39, 0.29) is 0 Å². The van der Waals surface area contributed by atoms with Gasteiger partial charge in [0.05, 0.1) is 25.5 Å². The monoisotopic (exact) mass is 276 g/mol. The Morgan fingerprint density at radius 1 is 1.20 bits per heavy atom. The van der Waals surface area contributed by atoms with Crippen molar-refractivity contribution in [3.05, 3.63) is 29.5 Å². The third kappa shape index (κ3) is 2.32. The first kappa shape index (κ1) is 13.9. The van der Waals surface area contributed by atoms with Crippen LogP contribution in [-0.4, -0.2) is 30.3 Å². The molecule has 0 aliphatic carbocycles. The van der Waals surface area contributed by atoms with Crippen LogP contribution in [-0.2, 0) is 7.05 Å². The largest absolute Gasteiger partial charge is 0.493 e. The molecular formula is C14H16N2O4. The fourth-order valence-electron chi connectivity index (χ4n) is 1.92. The summed E-state index contributed by atoms with van der Waals surface area (Å²) < 4.78 is 17.8. The van der Waals surface area contributed by atoms with Crippen LogP contribution >= 0.6 is 0 Å². The molecule has 1 aromatic heterocycles. The summed E-state index contributed by atoms with van der Waals surface area (Å²) in [5, 5.41) is 4.17. The van der Waals surface area contributed by atoms with Crippen molar-refractivity contribution in [2.45, 2.75) is 6.92 Å². The van der Waals surface area contributed by atoms with E-state index in [1.807, 2.05) is 0 Å². The fraction of sp³-hybridized carbons (Fsp3) is 0.286. The summed E-state index contributed by atoms with van der Waals surface area (Å²) in [6, 6.07) is 5.29. The number of carbonyl (C=O) groups is 1. The lowest BCUT2D eigenvalue weighted by Gasteiger charge is -2.14. The van der Waals surface area contributed by atoms with Gasteiger partial charge in [-0.15, -0.1) is 0 Å². The normalized spacial score (nSPS) is 10.2. The second kappa shape index (κ2) is 5.64. The van der Waals surface area contributed by atoms with Crippen LogP contribution in [0.2, 0.25) is 0 Å². The van der Waals surface area contributed by atoms with Crippen molar-refractivity contribution in [3.63, 3.8) is 0 Å². The van der Waals surface area contributed by atoms with Crippen molar-refractivity contribution < 1.29 is 19.0 Å². The van der Waals surface area contributed by atoms with Gasteiger partial charge < -0.3 is 14.2 Å². The lowest BCUT2D eigenvalue weighted by molar-refractivity contribution is 0.112. The summed E-state index contributed by atoms with van der Waals surface area (Å²) in [4.78, 5) is 11.2. The second-order valence-electron chi connectivity index (χ2n) is 4.14. The molecule has 0 aliphatic heterocycles. The van der Waals surface area contributed by atoms with Crippen LogP contribution in [0.15, 0.2) is 18.2 Å². The quantitative estimate of drug-likeness (QED) is 0.784. The van der Waals surface area contributed by atoms with Crippen LogP contribution in [0.3, 0.4) is 0 Å². The summed E-state index contributed by atoms with van der Waals surface area (Å²) in [5.74, 6) is 1.78. The van der Waals surface area contributed by atoms with E-state index < -0.39 is 0 Å². The van der Waals surface area contributed by atoms with E-state index in [9.17, 15) is 4.79 Å². The van der Waals surface area contributed by atoms with Gasteiger partial charge >= 0.3 is 0 Å². The first-order valence-electron chi connectivity index (χ1n) is 6.00. The predicted molar refractivity (Wildman–Crippen MR) is 73.0 cm³/mol. The van der Waals surface area contributed by atoms with E-state index in [1.165, 1.54) is 18.9 Å². The molecule has 0 radical (unpaired) electrons. The van der Waals surface area contributed by atoms with Crippen LogP contribution in [0.4, 0.5) is 0 Å². The molecule has 0 amide bonds. The molecule has 6 heteroatoms. The van der Waals surface area contributed by atoms with Crippen molar-refractivity contribution in [2.75, 3.05) is 14.2 Å². The highest BCUT2D eigenvalue weighted by atomic mass is 16.5. The summed E-state index contributed by atoms with van der Waals surface area (Å²) in [6.07, 6.45) is 0.722. The summed E-state index contributed by atoms with van der Waals surface area (Å²) >= 11 is 0. The number of benzene rings is 1. The first-order valence-corrected chi connectivity index (χ1v) is 6.00. The van der Waals surface area contributed by atoms with Crippen LogP contribution in [0.5, 0.6) is 23.1 Å². The number of nitrogens with zero attached hydrogens (tertiary/aromatic N) is 2. The highest BCUT2D eigenvalue weighted by Crippen LogP contribution is 2.40. The number of methoxy groups -OCH3 is 2. The van der Waals surface area contributed by atoms with Gasteiger partial charge in [-0.2, -0.15) is 5.10 Å². The van der Waals surface area contributed by atoms with Gasteiger partial charge in [0.15, 0.2) is 17.8 Å². The zero-order valence-corrected chi connectivity index (χ0v) is 11.8. The van der Waals surface area contributed by atoms with Crippen LogP contribution in [0.1, 0.15) is 16.1 Å². The number of aryl methyl sites for hydroxylation is 2. The molecule has 0 fully saturated rings. The molecule has 0 saturated heterocycles. The molecule has 1 heterocycles. The number of rotatable bonds is 5. The molecule has 0 bridgehead atoms. The smallest absolute Gasteiger partial charge is 0.228 e. The maximum Gasteiger partial charge on any atom is 0.228 e. The molecule has 0 spiro atoms. The Morgan fingerprint density at radius 2 is 1.80 bits per heavy atom. The Bertz CT molecular complexity index is 612. The Labute approximate surface area is 116 Å². The highest BCUT2D eigenvalue weighted by Gasteiger charge is 2.19. The van der Waals surface area contributed by atoms with Crippen molar-refractivity contribution in [1.82, 2.24) is 9.78 Å². The summed E-state index contributed by atoms with van der Waals surface area (Å²) in [5.41, 5.74) is 1.01. The van der Waals surface area contributed by atoms with E-state index in [1.54, 1.807) is 32.2 Å². The standard InChI is InChI=1S/C14H16N2O4/c1-9-10(8-17)14(16(2)15-9)20-13-11(18-3)6-5-7-12(13)19-4/h5-8H,1-4H3. The molecule has 0 aliphatic rings. The molecule has 1 aromatic carbocycles. The first-order chi connectivity index (χ1) is 9.62. The van der Waals surface area contributed by atoms with Gasteiger partial charge in [0.25, 0.3) is 0 Å². The lowest BCUT2D eigenvalue weighted by atomic mass is 10.2. The van der Waals surface area contributed by atoms with Gasteiger partial charge in [-0.1, -0.05) is 6.07 Å². The third-order valence-electron chi connectivity index (χ3n) is 2.91. The van der Waals surface area contributed by atoms with Crippen molar-refractivity contribution in [3.8, 4) is 23.1 Å². The van der Waals surface area contributed by atoms with Crippen molar-refractivity contribution >= 4 is 6.29 Å². The van der Waals surface area contributed by atoms with Gasteiger partial charge in [-0.3, -0.25) is 4.79 Å². The molecule has 0 unspecified atom stereocenters. The zero-order chi connectivity index (χ0) is 14.7. The van der Waals surface area contributed by atoms with Crippen LogP contribution in [0, 0.1) is 6.92 Å². The van der Waals surface area contributed by atoms with Gasteiger partial charge in [-0.05, 0) is 19.1 Å². The van der Waals surface area contributed by atoms with Crippen LogP contribution < -0.4 is 14.2 Å². The van der Waals surface area contributed by atoms with E-state index in [0.29, 0.717) is 34.4 Å². The minimum atomic E-state index is 0.348. The minimum Gasteiger partial charge on any atom is -0.493 e. The molecule has 0 saturated carbocycles. The fourth-order valence-corrected chi connectivity index (χ4v) is 1.92. The van der Waals surface area contributed by atoms with Gasteiger partial charge in [0.1, 0.15) is 0 Å².